The van der Waals surface area contributed by atoms with Crippen LogP contribution in [-0.4, -0.2) is 23.5 Å². The molecule has 0 spiro atoms. The quantitative estimate of drug-likeness (QED) is 0.755. The van der Waals surface area contributed by atoms with E-state index in [2.05, 4.69) is 10.3 Å². The molecular weight excluding hydrogens is 192 g/mol. The number of rotatable bonds is 2. The summed E-state index contributed by atoms with van der Waals surface area (Å²) in [5.74, 6) is -0.914. The SMILES string of the molecule is CC1(c2ccccc2)NC=NC1C(=O)O. The van der Waals surface area contributed by atoms with Crippen LogP contribution in [-0.2, 0) is 10.3 Å². The molecule has 78 valence electrons. The van der Waals surface area contributed by atoms with Crippen molar-refractivity contribution in [1.82, 2.24) is 5.32 Å². The van der Waals surface area contributed by atoms with Crippen LogP contribution in [0.4, 0.5) is 0 Å². The minimum Gasteiger partial charge on any atom is -0.480 e. The fraction of sp³-hybridized carbons (Fsp3) is 0.273. The van der Waals surface area contributed by atoms with Gasteiger partial charge in [-0.3, -0.25) is 4.99 Å². The molecule has 0 fully saturated rings. The standard InChI is InChI=1S/C11H12N2O2/c1-11(8-5-3-2-4-6-8)9(10(14)15)12-7-13-11/h2-7,9H,1H3,(H,12,13)(H,14,15). The van der Waals surface area contributed by atoms with E-state index in [1.807, 2.05) is 37.3 Å². The Morgan fingerprint density at radius 2 is 2.13 bits per heavy atom. The molecule has 1 aromatic carbocycles. The lowest BCUT2D eigenvalue weighted by Gasteiger charge is -2.28. The number of aliphatic imine (C=N–C) groups is 1. The molecule has 2 atom stereocenters. The third-order valence-corrected chi connectivity index (χ3v) is 2.74. The summed E-state index contributed by atoms with van der Waals surface area (Å²) in [5.41, 5.74) is 0.280. The molecule has 0 aliphatic carbocycles. The first-order valence-corrected chi connectivity index (χ1v) is 4.72. The summed E-state index contributed by atoms with van der Waals surface area (Å²) in [4.78, 5) is 15.0. The predicted octanol–water partition coefficient (Wildman–Crippen LogP) is 0.987. The highest BCUT2D eigenvalue weighted by atomic mass is 16.4. The average molecular weight is 204 g/mol. The van der Waals surface area contributed by atoms with E-state index >= 15 is 0 Å². The Bertz CT molecular complexity index is 402. The number of nitrogens with one attached hydrogen (secondary N) is 1. The van der Waals surface area contributed by atoms with E-state index in [1.54, 1.807) is 0 Å². The molecule has 4 nitrogen and oxygen atoms in total. The molecule has 0 bridgehead atoms. The molecular formula is C11H12N2O2. The van der Waals surface area contributed by atoms with Crippen LogP contribution in [0.25, 0.3) is 0 Å². The number of aliphatic carboxylic acids is 1. The van der Waals surface area contributed by atoms with Crippen LogP contribution in [0.2, 0.25) is 0 Å². The molecule has 0 saturated carbocycles. The summed E-state index contributed by atoms with van der Waals surface area (Å²) >= 11 is 0. The van der Waals surface area contributed by atoms with Crippen molar-refractivity contribution >= 4 is 12.3 Å². The summed E-state index contributed by atoms with van der Waals surface area (Å²) in [6, 6.07) is 8.71. The molecule has 1 aliphatic rings. The highest BCUT2D eigenvalue weighted by Crippen LogP contribution is 2.29. The minimum atomic E-state index is -0.914. The Kier molecular flexibility index (Phi) is 2.19. The van der Waals surface area contributed by atoms with Crippen molar-refractivity contribution in [2.24, 2.45) is 4.99 Å². The van der Waals surface area contributed by atoms with Crippen molar-refractivity contribution in [3.8, 4) is 0 Å². The van der Waals surface area contributed by atoms with Gasteiger partial charge >= 0.3 is 5.97 Å². The Hall–Kier alpha value is -1.84. The third kappa shape index (κ3) is 1.48. The van der Waals surface area contributed by atoms with E-state index < -0.39 is 17.6 Å². The molecule has 0 radical (unpaired) electrons. The number of carboxylic acids is 1. The van der Waals surface area contributed by atoms with Gasteiger partial charge in [0.2, 0.25) is 0 Å². The number of carbonyl (C=O) groups is 1. The molecule has 0 aromatic heterocycles. The molecule has 15 heavy (non-hydrogen) atoms. The van der Waals surface area contributed by atoms with Crippen LogP contribution in [0, 0.1) is 0 Å². The van der Waals surface area contributed by atoms with Crippen LogP contribution >= 0.6 is 0 Å². The van der Waals surface area contributed by atoms with E-state index in [0.29, 0.717) is 0 Å². The van der Waals surface area contributed by atoms with Gasteiger partial charge in [-0.2, -0.15) is 0 Å². The van der Waals surface area contributed by atoms with Crippen molar-refractivity contribution in [3.63, 3.8) is 0 Å². The van der Waals surface area contributed by atoms with Crippen LogP contribution in [0.1, 0.15) is 12.5 Å². The van der Waals surface area contributed by atoms with Crippen molar-refractivity contribution in [1.29, 1.82) is 0 Å². The van der Waals surface area contributed by atoms with Crippen LogP contribution in [0.5, 0.6) is 0 Å². The maximum Gasteiger partial charge on any atom is 0.331 e. The fourth-order valence-electron chi connectivity index (χ4n) is 1.81. The minimum absolute atomic E-state index is 0.646. The van der Waals surface area contributed by atoms with E-state index in [-0.39, 0.29) is 0 Å². The van der Waals surface area contributed by atoms with Gasteiger partial charge in [0.15, 0.2) is 6.04 Å². The van der Waals surface area contributed by atoms with Gasteiger partial charge in [0.1, 0.15) is 0 Å². The van der Waals surface area contributed by atoms with Crippen molar-refractivity contribution in [2.45, 2.75) is 18.5 Å². The first-order valence-electron chi connectivity index (χ1n) is 4.72. The van der Waals surface area contributed by atoms with Crippen molar-refractivity contribution < 1.29 is 9.90 Å². The highest BCUT2D eigenvalue weighted by Gasteiger charge is 2.42. The fourth-order valence-corrected chi connectivity index (χ4v) is 1.81. The molecule has 1 heterocycles. The second kappa shape index (κ2) is 3.38. The van der Waals surface area contributed by atoms with Crippen LogP contribution in [0.3, 0.4) is 0 Å². The number of benzene rings is 1. The number of nitrogens with zero attached hydrogens (tertiary/aromatic N) is 1. The van der Waals surface area contributed by atoms with Crippen molar-refractivity contribution in [3.05, 3.63) is 35.9 Å². The van der Waals surface area contributed by atoms with Gasteiger partial charge in [-0.1, -0.05) is 30.3 Å². The van der Waals surface area contributed by atoms with Gasteiger partial charge in [-0.25, -0.2) is 4.79 Å². The zero-order chi connectivity index (χ0) is 10.9. The van der Waals surface area contributed by atoms with Crippen LogP contribution in [0.15, 0.2) is 35.3 Å². The van der Waals surface area contributed by atoms with Gasteiger partial charge in [0.25, 0.3) is 0 Å². The Labute approximate surface area is 87.7 Å². The van der Waals surface area contributed by atoms with Gasteiger partial charge in [-0.15, -0.1) is 0 Å². The Morgan fingerprint density at radius 3 is 2.73 bits per heavy atom. The molecule has 2 rings (SSSR count). The average Bonchev–Trinajstić information content (AvgIpc) is 2.63. The third-order valence-electron chi connectivity index (χ3n) is 2.74. The van der Waals surface area contributed by atoms with Gasteiger partial charge < -0.3 is 10.4 Å². The summed E-state index contributed by atoms with van der Waals surface area (Å²) in [5, 5.41) is 12.1. The maximum atomic E-state index is 11.0. The van der Waals surface area contributed by atoms with Gasteiger partial charge in [-0.05, 0) is 12.5 Å². The Morgan fingerprint density at radius 1 is 1.47 bits per heavy atom. The lowest BCUT2D eigenvalue weighted by atomic mass is 9.86. The van der Waals surface area contributed by atoms with Crippen molar-refractivity contribution in [2.75, 3.05) is 0 Å². The van der Waals surface area contributed by atoms with E-state index in [0.717, 1.165) is 5.56 Å². The molecule has 4 heteroatoms. The number of carboxylic acid groups (broad SMARTS) is 1. The van der Waals surface area contributed by atoms with E-state index in [4.69, 9.17) is 5.11 Å². The lowest BCUT2D eigenvalue weighted by Crippen LogP contribution is -2.46. The number of hydrogen-bond acceptors (Lipinski definition) is 3. The van der Waals surface area contributed by atoms with Gasteiger partial charge in [0.05, 0.1) is 11.9 Å². The summed E-state index contributed by atoms with van der Waals surface area (Å²) in [6.07, 6.45) is 1.46. The first-order chi connectivity index (χ1) is 7.14. The molecule has 1 aliphatic heterocycles. The number of hydrogen-bond donors (Lipinski definition) is 2. The van der Waals surface area contributed by atoms with Gasteiger partial charge in [0, 0.05) is 0 Å². The highest BCUT2D eigenvalue weighted by molar-refractivity contribution is 5.81. The zero-order valence-corrected chi connectivity index (χ0v) is 8.34. The maximum absolute atomic E-state index is 11.0. The molecule has 0 amide bonds. The molecule has 2 unspecified atom stereocenters. The summed E-state index contributed by atoms with van der Waals surface area (Å²) in [7, 11) is 0. The topological polar surface area (TPSA) is 61.7 Å². The van der Waals surface area contributed by atoms with Crippen LogP contribution < -0.4 is 5.32 Å². The summed E-state index contributed by atoms with van der Waals surface area (Å²) < 4.78 is 0. The smallest absolute Gasteiger partial charge is 0.331 e. The second-order valence-electron chi connectivity index (χ2n) is 3.73. The first kappa shape index (κ1) is 9.71. The molecule has 2 N–H and O–H groups in total. The lowest BCUT2D eigenvalue weighted by molar-refractivity contribution is -0.139. The normalized spacial score (nSPS) is 28.7. The zero-order valence-electron chi connectivity index (χ0n) is 8.34. The molecule has 0 saturated heterocycles. The largest absolute Gasteiger partial charge is 0.480 e. The van der Waals surface area contributed by atoms with E-state index in [1.165, 1.54) is 6.34 Å². The summed E-state index contributed by atoms with van der Waals surface area (Å²) in [6.45, 7) is 1.84. The Balaban J connectivity index is 2.39. The second-order valence-corrected chi connectivity index (χ2v) is 3.73. The monoisotopic (exact) mass is 204 g/mol. The van der Waals surface area contributed by atoms with E-state index in [9.17, 15) is 4.79 Å². The molecule has 1 aromatic rings. The predicted molar refractivity (Wildman–Crippen MR) is 56.8 cm³/mol.